The van der Waals surface area contributed by atoms with E-state index in [2.05, 4.69) is 20.3 Å². The van der Waals surface area contributed by atoms with Crippen molar-refractivity contribution in [2.24, 2.45) is 0 Å². The quantitative estimate of drug-likeness (QED) is 0.778. The van der Waals surface area contributed by atoms with E-state index < -0.39 is 0 Å². The molecule has 3 aromatic rings. The Kier molecular flexibility index (Phi) is 2.79. The molecule has 0 aliphatic heterocycles. The van der Waals surface area contributed by atoms with E-state index in [4.69, 9.17) is 0 Å². The van der Waals surface area contributed by atoms with E-state index in [9.17, 15) is 4.79 Å². The molecule has 0 radical (unpaired) electrons. The van der Waals surface area contributed by atoms with E-state index in [0.717, 1.165) is 15.6 Å². The Balaban J connectivity index is 1.97. The minimum atomic E-state index is -0.202. The van der Waals surface area contributed by atoms with Crippen molar-refractivity contribution >= 4 is 33.1 Å². The molecule has 0 spiro atoms. The van der Waals surface area contributed by atoms with Crippen LogP contribution in [0.2, 0.25) is 0 Å². The number of rotatable bonds is 2. The summed E-state index contributed by atoms with van der Waals surface area (Å²) in [6.07, 6.45) is 0. The fraction of sp³-hybridized carbons (Fsp3) is 0.154. The van der Waals surface area contributed by atoms with Crippen molar-refractivity contribution in [1.29, 1.82) is 0 Å². The second-order valence-electron chi connectivity index (χ2n) is 4.23. The molecule has 0 unspecified atom stereocenters. The maximum atomic E-state index is 12.2. The van der Waals surface area contributed by atoms with E-state index in [1.54, 1.807) is 18.3 Å². The third-order valence-corrected chi connectivity index (χ3v) is 4.05. The van der Waals surface area contributed by atoms with Crippen LogP contribution in [0.25, 0.3) is 10.1 Å². The number of fused-ring (bicyclic) bond motifs is 1. The van der Waals surface area contributed by atoms with E-state index in [0.29, 0.717) is 17.1 Å². The SMILES string of the molecule is Cc1nonc1NC(=O)c1ccc2ccsc2c1C. The van der Waals surface area contributed by atoms with Gasteiger partial charge in [-0.25, -0.2) is 4.63 Å². The lowest BCUT2D eigenvalue weighted by atomic mass is 10.1. The van der Waals surface area contributed by atoms with Crippen LogP contribution in [0, 0.1) is 13.8 Å². The summed E-state index contributed by atoms with van der Waals surface area (Å²) in [5.41, 5.74) is 2.17. The van der Waals surface area contributed by atoms with Gasteiger partial charge in [-0.2, -0.15) is 0 Å². The number of aryl methyl sites for hydroxylation is 2. The lowest BCUT2D eigenvalue weighted by molar-refractivity contribution is 0.102. The van der Waals surface area contributed by atoms with Crippen molar-refractivity contribution in [2.75, 3.05) is 5.32 Å². The van der Waals surface area contributed by atoms with E-state index >= 15 is 0 Å². The van der Waals surface area contributed by atoms with Gasteiger partial charge in [0.1, 0.15) is 5.69 Å². The number of carbonyl (C=O) groups excluding carboxylic acids is 1. The Bertz CT molecular complexity index is 760. The molecule has 0 saturated heterocycles. The van der Waals surface area contributed by atoms with Gasteiger partial charge in [0, 0.05) is 10.3 Å². The van der Waals surface area contributed by atoms with E-state index in [1.807, 2.05) is 30.5 Å². The van der Waals surface area contributed by atoms with Gasteiger partial charge in [0.05, 0.1) is 0 Å². The molecule has 19 heavy (non-hydrogen) atoms. The molecule has 1 aromatic carbocycles. The monoisotopic (exact) mass is 273 g/mol. The highest BCUT2D eigenvalue weighted by atomic mass is 32.1. The molecule has 6 heteroatoms. The van der Waals surface area contributed by atoms with Crippen molar-refractivity contribution in [1.82, 2.24) is 10.3 Å². The number of nitrogens with one attached hydrogen (secondary N) is 1. The second-order valence-corrected chi connectivity index (χ2v) is 5.15. The topological polar surface area (TPSA) is 68.0 Å². The summed E-state index contributed by atoms with van der Waals surface area (Å²) in [6, 6.07) is 5.81. The maximum Gasteiger partial charge on any atom is 0.257 e. The van der Waals surface area contributed by atoms with Crippen LogP contribution in [0.1, 0.15) is 21.6 Å². The number of benzene rings is 1. The van der Waals surface area contributed by atoms with Crippen LogP contribution in [0.4, 0.5) is 5.82 Å². The zero-order valence-corrected chi connectivity index (χ0v) is 11.2. The summed E-state index contributed by atoms with van der Waals surface area (Å²) in [7, 11) is 0. The standard InChI is InChI=1S/C13H11N3O2S/c1-7-10(4-3-9-5-6-19-11(7)9)13(17)14-12-8(2)15-18-16-12/h3-6H,1-2H3,(H,14,16,17). The third kappa shape index (κ3) is 2.00. The molecule has 96 valence electrons. The maximum absolute atomic E-state index is 12.2. The van der Waals surface area contributed by atoms with Crippen LogP contribution in [-0.4, -0.2) is 16.2 Å². The molecule has 5 nitrogen and oxygen atoms in total. The number of anilines is 1. The van der Waals surface area contributed by atoms with Gasteiger partial charge in [-0.15, -0.1) is 11.3 Å². The zero-order chi connectivity index (χ0) is 13.4. The fourth-order valence-corrected chi connectivity index (χ4v) is 2.85. The number of carbonyl (C=O) groups is 1. The molecule has 2 aromatic heterocycles. The number of thiophene rings is 1. The molecule has 0 atom stereocenters. The number of nitrogens with zero attached hydrogens (tertiary/aromatic N) is 2. The van der Waals surface area contributed by atoms with Crippen LogP contribution < -0.4 is 5.32 Å². The van der Waals surface area contributed by atoms with E-state index in [-0.39, 0.29) is 5.91 Å². The first-order valence-electron chi connectivity index (χ1n) is 5.74. The normalized spacial score (nSPS) is 10.8. The summed E-state index contributed by atoms with van der Waals surface area (Å²) in [6.45, 7) is 3.67. The van der Waals surface area contributed by atoms with Crippen LogP contribution >= 0.6 is 11.3 Å². The molecule has 2 heterocycles. The van der Waals surface area contributed by atoms with Gasteiger partial charge < -0.3 is 5.32 Å². The largest absolute Gasteiger partial charge is 0.302 e. The van der Waals surface area contributed by atoms with Crippen LogP contribution in [0.15, 0.2) is 28.2 Å². The van der Waals surface area contributed by atoms with Gasteiger partial charge in [-0.1, -0.05) is 11.2 Å². The second kappa shape index (κ2) is 4.47. The summed E-state index contributed by atoms with van der Waals surface area (Å²) in [5, 5.41) is 13.1. The number of hydrogen-bond acceptors (Lipinski definition) is 5. The van der Waals surface area contributed by atoms with Crippen molar-refractivity contribution in [2.45, 2.75) is 13.8 Å². The molecular formula is C13H11N3O2S. The lowest BCUT2D eigenvalue weighted by Crippen LogP contribution is -2.14. The first-order chi connectivity index (χ1) is 9.16. The summed E-state index contributed by atoms with van der Waals surface area (Å²) >= 11 is 1.63. The van der Waals surface area contributed by atoms with Gasteiger partial charge in [0.25, 0.3) is 5.91 Å². The predicted octanol–water partition coefficient (Wildman–Crippen LogP) is 3.15. The van der Waals surface area contributed by atoms with Gasteiger partial charge >= 0.3 is 0 Å². The molecule has 1 N–H and O–H groups in total. The van der Waals surface area contributed by atoms with Crippen LogP contribution in [0.5, 0.6) is 0 Å². The lowest BCUT2D eigenvalue weighted by Gasteiger charge is -2.06. The van der Waals surface area contributed by atoms with Crippen molar-refractivity contribution in [3.05, 3.63) is 40.4 Å². The minimum Gasteiger partial charge on any atom is -0.302 e. The number of hydrogen-bond donors (Lipinski definition) is 1. The van der Waals surface area contributed by atoms with Crippen LogP contribution in [-0.2, 0) is 0 Å². The van der Waals surface area contributed by atoms with Crippen molar-refractivity contribution < 1.29 is 9.42 Å². The predicted molar refractivity (Wildman–Crippen MR) is 73.6 cm³/mol. The van der Waals surface area contributed by atoms with Gasteiger partial charge in [0.2, 0.25) is 5.82 Å². The molecule has 0 bridgehead atoms. The molecular weight excluding hydrogens is 262 g/mol. The Morgan fingerprint density at radius 1 is 1.26 bits per heavy atom. The minimum absolute atomic E-state index is 0.202. The summed E-state index contributed by atoms with van der Waals surface area (Å²) in [5.74, 6) is 0.155. The molecule has 0 fully saturated rings. The fourth-order valence-electron chi connectivity index (χ4n) is 1.94. The highest BCUT2D eigenvalue weighted by Gasteiger charge is 2.15. The molecule has 0 aliphatic carbocycles. The Labute approximate surface area is 113 Å². The highest BCUT2D eigenvalue weighted by molar-refractivity contribution is 7.17. The first-order valence-corrected chi connectivity index (χ1v) is 6.62. The van der Waals surface area contributed by atoms with Crippen molar-refractivity contribution in [3.8, 4) is 0 Å². The van der Waals surface area contributed by atoms with Crippen molar-refractivity contribution in [3.63, 3.8) is 0 Å². The average Bonchev–Trinajstić information content (AvgIpc) is 3.00. The summed E-state index contributed by atoms with van der Waals surface area (Å²) < 4.78 is 5.68. The third-order valence-electron chi connectivity index (χ3n) is 3.00. The van der Waals surface area contributed by atoms with Crippen LogP contribution in [0.3, 0.4) is 0 Å². The Morgan fingerprint density at radius 3 is 2.84 bits per heavy atom. The summed E-state index contributed by atoms with van der Waals surface area (Å²) in [4.78, 5) is 12.2. The number of amides is 1. The first kappa shape index (κ1) is 11.9. The molecule has 3 rings (SSSR count). The number of aromatic nitrogens is 2. The molecule has 1 amide bonds. The highest BCUT2D eigenvalue weighted by Crippen LogP contribution is 2.27. The van der Waals surface area contributed by atoms with Gasteiger partial charge in [-0.3, -0.25) is 4.79 Å². The smallest absolute Gasteiger partial charge is 0.257 e. The Morgan fingerprint density at radius 2 is 2.11 bits per heavy atom. The zero-order valence-electron chi connectivity index (χ0n) is 10.4. The van der Waals surface area contributed by atoms with Gasteiger partial charge in [-0.05, 0) is 47.5 Å². The molecule has 0 saturated carbocycles. The Hall–Kier alpha value is -2.21. The average molecular weight is 273 g/mol. The van der Waals surface area contributed by atoms with Gasteiger partial charge in [0.15, 0.2) is 0 Å². The molecule has 0 aliphatic rings. The van der Waals surface area contributed by atoms with E-state index in [1.165, 1.54) is 0 Å².